The van der Waals surface area contributed by atoms with Crippen molar-refractivity contribution < 1.29 is 24.2 Å². The molecule has 0 fully saturated rings. The summed E-state index contributed by atoms with van der Waals surface area (Å²) in [6.45, 7) is -0.184. The van der Waals surface area contributed by atoms with Crippen LogP contribution in [0.1, 0.15) is 16.1 Å². The molecule has 0 radical (unpaired) electrons. The van der Waals surface area contributed by atoms with Crippen LogP contribution in [0.15, 0.2) is 47.8 Å². The molecule has 1 aromatic carbocycles. The standard InChI is InChI=1S/C14H11FN2O4/c15-10-2-1-3-11(7-10)21-8-13(17-20)12-6-9(14(18)19)4-5-16-12/h1-7,20H,8H2,(H,18,19)/b17-13+. The Morgan fingerprint density at radius 2 is 2.14 bits per heavy atom. The fraction of sp³-hybridized carbons (Fsp3) is 0.0714. The molecule has 0 aliphatic heterocycles. The van der Waals surface area contributed by atoms with Gasteiger partial charge in [-0.25, -0.2) is 9.18 Å². The highest BCUT2D eigenvalue weighted by Gasteiger charge is 2.11. The number of halogens is 1. The molecule has 0 bridgehead atoms. The Hall–Kier alpha value is -2.96. The number of carboxylic acids is 1. The number of rotatable bonds is 5. The Kier molecular flexibility index (Phi) is 4.45. The minimum Gasteiger partial charge on any atom is -0.487 e. The Bertz CT molecular complexity index is 688. The van der Waals surface area contributed by atoms with Crippen molar-refractivity contribution in [3.05, 3.63) is 59.7 Å². The van der Waals surface area contributed by atoms with Crippen molar-refractivity contribution in [2.24, 2.45) is 5.16 Å². The third kappa shape index (κ3) is 3.75. The molecule has 0 saturated heterocycles. The summed E-state index contributed by atoms with van der Waals surface area (Å²) < 4.78 is 18.3. The van der Waals surface area contributed by atoms with Crippen molar-refractivity contribution in [3.63, 3.8) is 0 Å². The van der Waals surface area contributed by atoms with Gasteiger partial charge in [-0.2, -0.15) is 0 Å². The first-order valence-electron chi connectivity index (χ1n) is 5.89. The van der Waals surface area contributed by atoms with Crippen LogP contribution in [0.25, 0.3) is 0 Å². The largest absolute Gasteiger partial charge is 0.487 e. The van der Waals surface area contributed by atoms with Gasteiger partial charge in [0, 0.05) is 12.3 Å². The van der Waals surface area contributed by atoms with Gasteiger partial charge in [0.1, 0.15) is 23.9 Å². The lowest BCUT2D eigenvalue weighted by Gasteiger charge is -2.07. The van der Waals surface area contributed by atoms with E-state index in [0.717, 1.165) is 0 Å². The van der Waals surface area contributed by atoms with E-state index >= 15 is 0 Å². The summed E-state index contributed by atoms with van der Waals surface area (Å²) in [5, 5.41) is 20.9. The first-order valence-corrected chi connectivity index (χ1v) is 5.89. The van der Waals surface area contributed by atoms with Crippen LogP contribution >= 0.6 is 0 Å². The summed E-state index contributed by atoms with van der Waals surface area (Å²) in [6, 6.07) is 8.03. The number of aromatic nitrogens is 1. The number of carboxylic acid groups (broad SMARTS) is 1. The maximum atomic E-state index is 13.0. The lowest BCUT2D eigenvalue weighted by molar-refractivity contribution is 0.0696. The Labute approximate surface area is 119 Å². The molecule has 1 heterocycles. The van der Waals surface area contributed by atoms with Crippen LogP contribution in [0.2, 0.25) is 0 Å². The summed E-state index contributed by atoms with van der Waals surface area (Å²) in [4.78, 5) is 14.8. The van der Waals surface area contributed by atoms with E-state index in [4.69, 9.17) is 15.1 Å². The number of carbonyl (C=O) groups is 1. The molecule has 0 atom stereocenters. The molecule has 21 heavy (non-hydrogen) atoms. The molecule has 7 heteroatoms. The lowest BCUT2D eigenvalue weighted by atomic mass is 10.2. The van der Waals surface area contributed by atoms with Gasteiger partial charge < -0.3 is 15.1 Å². The zero-order valence-electron chi connectivity index (χ0n) is 10.7. The predicted molar refractivity (Wildman–Crippen MR) is 71.4 cm³/mol. The molecular formula is C14H11FN2O4. The summed E-state index contributed by atoms with van der Waals surface area (Å²) in [6.07, 6.45) is 1.28. The second-order valence-electron chi connectivity index (χ2n) is 4.03. The number of nitrogens with zero attached hydrogens (tertiary/aromatic N) is 2. The second kappa shape index (κ2) is 6.47. The molecule has 0 aliphatic carbocycles. The smallest absolute Gasteiger partial charge is 0.335 e. The van der Waals surface area contributed by atoms with Gasteiger partial charge in [0.2, 0.25) is 0 Å². The van der Waals surface area contributed by atoms with Gasteiger partial charge in [0.15, 0.2) is 0 Å². The van der Waals surface area contributed by atoms with Crippen molar-refractivity contribution in [1.29, 1.82) is 0 Å². The number of pyridine rings is 1. The normalized spacial score (nSPS) is 11.2. The van der Waals surface area contributed by atoms with Crippen LogP contribution in [0.4, 0.5) is 4.39 Å². The molecule has 2 rings (SSSR count). The zero-order valence-corrected chi connectivity index (χ0v) is 10.7. The minimum atomic E-state index is -1.12. The Balaban J connectivity index is 2.14. The Morgan fingerprint density at radius 1 is 1.33 bits per heavy atom. The van der Waals surface area contributed by atoms with Crippen molar-refractivity contribution in [2.45, 2.75) is 0 Å². The number of oxime groups is 1. The van der Waals surface area contributed by atoms with Gasteiger partial charge in [0.05, 0.1) is 11.3 Å². The monoisotopic (exact) mass is 290 g/mol. The van der Waals surface area contributed by atoms with E-state index in [1.54, 1.807) is 6.07 Å². The summed E-state index contributed by atoms with van der Waals surface area (Å²) in [5.74, 6) is -1.33. The number of benzene rings is 1. The second-order valence-corrected chi connectivity index (χ2v) is 4.03. The minimum absolute atomic E-state index is 0.00639. The van der Waals surface area contributed by atoms with Crippen LogP contribution < -0.4 is 4.74 Å². The number of aromatic carboxylic acids is 1. The molecule has 108 valence electrons. The van der Waals surface area contributed by atoms with Crippen LogP contribution in [0.5, 0.6) is 5.75 Å². The summed E-state index contributed by atoms with van der Waals surface area (Å²) in [5.41, 5.74) is 0.197. The molecule has 0 unspecified atom stereocenters. The van der Waals surface area contributed by atoms with E-state index in [2.05, 4.69) is 10.1 Å². The number of ether oxygens (including phenoxy) is 1. The summed E-state index contributed by atoms with van der Waals surface area (Å²) >= 11 is 0. The summed E-state index contributed by atoms with van der Waals surface area (Å²) in [7, 11) is 0. The van der Waals surface area contributed by atoms with Gasteiger partial charge >= 0.3 is 5.97 Å². The van der Waals surface area contributed by atoms with Crippen LogP contribution in [-0.2, 0) is 0 Å². The van der Waals surface area contributed by atoms with E-state index in [1.165, 1.54) is 36.5 Å². The molecule has 0 saturated carbocycles. The van der Waals surface area contributed by atoms with E-state index in [9.17, 15) is 9.18 Å². The molecule has 2 aromatic rings. The Morgan fingerprint density at radius 3 is 2.81 bits per heavy atom. The first-order chi connectivity index (χ1) is 10.1. The number of hydrogen-bond donors (Lipinski definition) is 2. The van der Waals surface area contributed by atoms with E-state index in [-0.39, 0.29) is 29.3 Å². The van der Waals surface area contributed by atoms with E-state index in [0.29, 0.717) is 0 Å². The van der Waals surface area contributed by atoms with Crippen LogP contribution in [-0.4, -0.2) is 33.6 Å². The van der Waals surface area contributed by atoms with Crippen molar-refractivity contribution in [2.75, 3.05) is 6.61 Å². The van der Waals surface area contributed by atoms with Crippen LogP contribution in [0, 0.1) is 5.82 Å². The molecule has 0 spiro atoms. The average molecular weight is 290 g/mol. The third-order valence-electron chi connectivity index (χ3n) is 2.59. The third-order valence-corrected chi connectivity index (χ3v) is 2.59. The van der Waals surface area contributed by atoms with Gasteiger partial charge in [-0.15, -0.1) is 0 Å². The maximum absolute atomic E-state index is 13.0. The highest BCUT2D eigenvalue weighted by Crippen LogP contribution is 2.13. The van der Waals surface area contributed by atoms with Gasteiger partial charge in [0.25, 0.3) is 0 Å². The SMILES string of the molecule is O=C(O)c1ccnc(/C(COc2cccc(F)c2)=N/O)c1. The van der Waals surface area contributed by atoms with Crippen molar-refractivity contribution in [1.82, 2.24) is 4.98 Å². The zero-order chi connectivity index (χ0) is 15.2. The first kappa shape index (κ1) is 14.4. The maximum Gasteiger partial charge on any atom is 0.335 e. The number of hydrogen-bond acceptors (Lipinski definition) is 5. The fourth-order valence-electron chi connectivity index (χ4n) is 1.58. The van der Waals surface area contributed by atoms with Gasteiger partial charge in [-0.1, -0.05) is 11.2 Å². The molecule has 0 amide bonds. The van der Waals surface area contributed by atoms with E-state index < -0.39 is 11.8 Å². The van der Waals surface area contributed by atoms with Gasteiger partial charge in [-0.3, -0.25) is 4.98 Å². The fourth-order valence-corrected chi connectivity index (χ4v) is 1.58. The molecule has 1 aromatic heterocycles. The highest BCUT2D eigenvalue weighted by molar-refractivity contribution is 6.01. The predicted octanol–water partition coefficient (Wildman–Crippen LogP) is 2.18. The molecular weight excluding hydrogens is 279 g/mol. The molecule has 6 nitrogen and oxygen atoms in total. The van der Waals surface area contributed by atoms with Crippen molar-refractivity contribution >= 4 is 11.7 Å². The average Bonchev–Trinajstić information content (AvgIpc) is 2.48. The quantitative estimate of drug-likeness (QED) is 0.500. The molecule has 2 N–H and O–H groups in total. The lowest BCUT2D eigenvalue weighted by Crippen LogP contribution is -2.15. The van der Waals surface area contributed by atoms with Crippen LogP contribution in [0.3, 0.4) is 0 Å². The molecule has 0 aliphatic rings. The van der Waals surface area contributed by atoms with Crippen molar-refractivity contribution in [3.8, 4) is 5.75 Å². The highest BCUT2D eigenvalue weighted by atomic mass is 19.1. The van der Waals surface area contributed by atoms with Gasteiger partial charge in [-0.05, 0) is 24.3 Å². The van der Waals surface area contributed by atoms with E-state index in [1.807, 2.05) is 0 Å². The topological polar surface area (TPSA) is 92.0 Å².